The van der Waals surface area contributed by atoms with Crippen LogP contribution in [0.3, 0.4) is 0 Å². The molecule has 8 nitrogen and oxygen atoms in total. The normalized spacial score (nSPS) is 9.89. The van der Waals surface area contributed by atoms with E-state index in [9.17, 15) is 14.9 Å². The topological polar surface area (TPSA) is 124 Å². The molecular weight excluding hydrogens is 250 g/mol. The highest BCUT2D eigenvalue weighted by molar-refractivity contribution is 6.04. The molecule has 0 aromatic carbocycles. The fourth-order valence-corrected chi connectivity index (χ4v) is 1.39. The van der Waals surface area contributed by atoms with E-state index >= 15 is 0 Å². The smallest absolute Gasteiger partial charge is 0.312 e. The number of nitrogens with two attached hydrogens (primary N) is 1. The average molecular weight is 259 g/mol. The monoisotopic (exact) mass is 259 g/mol. The van der Waals surface area contributed by atoms with Crippen molar-refractivity contribution in [3.05, 3.63) is 52.6 Å². The zero-order valence-corrected chi connectivity index (χ0v) is 9.61. The van der Waals surface area contributed by atoms with Crippen LogP contribution in [-0.2, 0) is 0 Å². The maximum absolute atomic E-state index is 11.8. The number of aromatic nitrogens is 2. The van der Waals surface area contributed by atoms with Crippen LogP contribution in [-0.4, -0.2) is 20.8 Å². The summed E-state index contributed by atoms with van der Waals surface area (Å²) in [6.07, 6.45) is 3.72. The first-order valence-electron chi connectivity index (χ1n) is 5.20. The Morgan fingerprint density at radius 2 is 2.16 bits per heavy atom. The molecule has 0 aliphatic rings. The van der Waals surface area contributed by atoms with E-state index in [1.165, 1.54) is 18.5 Å². The first-order valence-corrected chi connectivity index (χ1v) is 5.20. The highest BCUT2D eigenvalue weighted by Gasteiger charge is 2.17. The van der Waals surface area contributed by atoms with Gasteiger partial charge in [0.05, 0.1) is 16.8 Å². The van der Waals surface area contributed by atoms with Crippen molar-refractivity contribution in [3.63, 3.8) is 0 Å². The van der Waals surface area contributed by atoms with Crippen LogP contribution in [0.15, 0.2) is 36.8 Å². The summed E-state index contributed by atoms with van der Waals surface area (Å²) in [6.45, 7) is 0. The van der Waals surface area contributed by atoms with Gasteiger partial charge in [0.15, 0.2) is 0 Å². The highest BCUT2D eigenvalue weighted by Crippen LogP contribution is 2.27. The van der Waals surface area contributed by atoms with Gasteiger partial charge in [0.25, 0.3) is 5.91 Å². The van der Waals surface area contributed by atoms with Crippen molar-refractivity contribution in [2.75, 3.05) is 11.1 Å². The van der Waals surface area contributed by atoms with Crippen molar-refractivity contribution < 1.29 is 9.72 Å². The van der Waals surface area contributed by atoms with Gasteiger partial charge in [0.1, 0.15) is 17.6 Å². The number of carbonyl (C=O) groups excluding carboxylic acids is 1. The summed E-state index contributed by atoms with van der Waals surface area (Å²) in [5, 5.41) is 13.1. The van der Waals surface area contributed by atoms with Gasteiger partial charge in [-0.2, -0.15) is 0 Å². The summed E-state index contributed by atoms with van der Waals surface area (Å²) in [5.74, 6) is -0.519. The third-order valence-electron chi connectivity index (χ3n) is 2.31. The van der Waals surface area contributed by atoms with Crippen molar-refractivity contribution >= 4 is 23.0 Å². The fraction of sp³-hybridized carbons (Fsp3) is 0. The van der Waals surface area contributed by atoms with E-state index in [0.717, 1.165) is 6.20 Å². The molecule has 0 spiro atoms. The molecule has 2 aromatic rings. The SMILES string of the molecule is Nc1c(NC(=O)c2ccccn2)cncc1[N+](=O)[O-]. The molecular formula is C11H9N5O3. The number of nitro groups is 1. The summed E-state index contributed by atoms with van der Waals surface area (Å²) >= 11 is 0. The van der Waals surface area contributed by atoms with Gasteiger partial charge in [-0.25, -0.2) is 0 Å². The molecule has 2 aromatic heterocycles. The number of nitrogen functional groups attached to an aromatic ring is 1. The highest BCUT2D eigenvalue weighted by atomic mass is 16.6. The Bertz CT molecular complexity index is 629. The molecule has 8 heteroatoms. The molecule has 0 radical (unpaired) electrons. The van der Waals surface area contributed by atoms with Crippen LogP contribution in [0.2, 0.25) is 0 Å². The van der Waals surface area contributed by atoms with E-state index in [1.54, 1.807) is 12.1 Å². The molecule has 3 N–H and O–H groups in total. The molecule has 0 saturated carbocycles. The number of carbonyl (C=O) groups is 1. The van der Waals surface area contributed by atoms with Crippen LogP contribution in [0.1, 0.15) is 10.5 Å². The Kier molecular flexibility index (Phi) is 3.33. The summed E-state index contributed by atoms with van der Waals surface area (Å²) in [6, 6.07) is 4.83. The summed E-state index contributed by atoms with van der Waals surface area (Å²) < 4.78 is 0. The molecule has 0 aliphatic carbocycles. The van der Waals surface area contributed by atoms with E-state index in [4.69, 9.17) is 5.73 Å². The van der Waals surface area contributed by atoms with Crippen molar-refractivity contribution in [2.24, 2.45) is 0 Å². The minimum atomic E-state index is -0.668. The minimum Gasteiger partial charge on any atom is -0.391 e. The first kappa shape index (κ1) is 12.4. The lowest BCUT2D eigenvalue weighted by Gasteiger charge is -2.06. The Hall–Kier alpha value is -3.03. The lowest BCUT2D eigenvalue weighted by atomic mass is 10.3. The number of hydrogen-bond acceptors (Lipinski definition) is 6. The lowest BCUT2D eigenvalue weighted by molar-refractivity contribution is -0.384. The van der Waals surface area contributed by atoms with Gasteiger partial charge >= 0.3 is 5.69 Å². The molecule has 0 fully saturated rings. The largest absolute Gasteiger partial charge is 0.391 e. The van der Waals surface area contributed by atoms with Gasteiger partial charge in [-0.1, -0.05) is 6.07 Å². The molecule has 19 heavy (non-hydrogen) atoms. The number of anilines is 2. The van der Waals surface area contributed by atoms with Gasteiger partial charge in [0, 0.05) is 6.20 Å². The van der Waals surface area contributed by atoms with E-state index in [2.05, 4.69) is 15.3 Å². The second-order valence-electron chi connectivity index (χ2n) is 3.55. The maximum atomic E-state index is 11.8. The number of nitrogens with zero attached hydrogens (tertiary/aromatic N) is 3. The van der Waals surface area contributed by atoms with Crippen LogP contribution in [0.5, 0.6) is 0 Å². The van der Waals surface area contributed by atoms with E-state index in [-0.39, 0.29) is 22.8 Å². The Balaban J connectivity index is 2.27. The minimum absolute atomic E-state index is 0.0739. The van der Waals surface area contributed by atoms with Crippen molar-refractivity contribution in [3.8, 4) is 0 Å². The molecule has 0 saturated heterocycles. The fourth-order valence-electron chi connectivity index (χ4n) is 1.39. The van der Waals surface area contributed by atoms with Gasteiger partial charge in [-0.3, -0.25) is 24.9 Å². The lowest BCUT2D eigenvalue weighted by Crippen LogP contribution is -2.15. The van der Waals surface area contributed by atoms with Crippen molar-refractivity contribution in [2.45, 2.75) is 0 Å². The summed E-state index contributed by atoms with van der Waals surface area (Å²) in [7, 11) is 0. The van der Waals surface area contributed by atoms with Gasteiger partial charge in [-0.05, 0) is 12.1 Å². The number of hydrogen-bond donors (Lipinski definition) is 2. The van der Waals surface area contributed by atoms with Crippen LogP contribution >= 0.6 is 0 Å². The maximum Gasteiger partial charge on any atom is 0.312 e. The summed E-state index contributed by atoms with van der Waals surface area (Å²) in [4.78, 5) is 29.4. The second-order valence-corrected chi connectivity index (χ2v) is 3.55. The molecule has 0 bridgehead atoms. The second kappa shape index (κ2) is 5.08. The quantitative estimate of drug-likeness (QED) is 0.630. The van der Waals surface area contributed by atoms with E-state index in [0.29, 0.717) is 0 Å². The molecule has 0 atom stereocenters. The molecule has 0 aliphatic heterocycles. The predicted octanol–water partition coefficient (Wildman–Crippen LogP) is 1.22. The van der Waals surface area contributed by atoms with Crippen LogP contribution in [0, 0.1) is 10.1 Å². The summed E-state index contributed by atoms with van der Waals surface area (Å²) in [5.41, 5.74) is 5.33. The zero-order valence-electron chi connectivity index (χ0n) is 9.61. The predicted molar refractivity (Wildman–Crippen MR) is 67.5 cm³/mol. The van der Waals surface area contributed by atoms with E-state index < -0.39 is 10.8 Å². The average Bonchev–Trinajstić information content (AvgIpc) is 2.41. The number of rotatable bonds is 3. The van der Waals surface area contributed by atoms with Gasteiger partial charge in [-0.15, -0.1) is 0 Å². The molecule has 2 rings (SSSR count). The molecule has 2 heterocycles. The standard InChI is InChI=1S/C11H9N5O3/c12-10-8(5-13-6-9(10)16(18)19)15-11(17)7-3-1-2-4-14-7/h1-6H,(H2,12,13)(H,15,17). The van der Waals surface area contributed by atoms with Crippen LogP contribution in [0.25, 0.3) is 0 Å². The third kappa shape index (κ3) is 2.63. The number of pyridine rings is 2. The molecule has 96 valence electrons. The van der Waals surface area contributed by atoms with E-state index in [1.807, 2.05) is 0 Å². The van der Waals surface area contributed by atoms with Crippen LogP contribution in [0.4, 0.5) is 17.1 Å². The van der Waals surface area contributed by atoms with Crippen molar-refractivity contribution in [1.82, 2.24) is 9.97 Å². The number of nitrogens with one attached hydrogen (secondary N) is 1. The first-order chi connectivity index (χ1) is 9.09. The van der Waals surface area contributed by atoms with Crippen LogP contribution < -0.4 is 11.1 Å². The molecule has 0 unspecified atom stereocenters. The Morgan fingerprint density at radius 1 is 1.37 bits per heavy atom. The Morgan fingerprint density at radius 3 is 2.79 bits per heavy atom. The number of amides is 1. The van der Waals surface area contributed by atoms with Gasteiger partial charge < -0.3 is 11.1 Å². The van der Waals surface area contributed by atoms with Gasteiger partial charge in [0.2, 0.25) is 0 Å². The zero-order chi connectivity index (χ0) is 13.8. The molecule has 1 amide bonds. The van der Waals surface area contributed by atoms with Crippen molar-refractivity contribution in [1.29, 1.82) is 0 Å². The Labute approximate surface area is 107 Å². The third-order valence-corrected chi connectivity index (χ3v) is 2.31.